The molecule has 1 N–H and O–H groups in total. The topological polar surface area (TPSA) is 71.5 Å². The van der Waals surface area contributed by atoms with E-state index in [0.29, 0.717) is 18.0 Å². The Labute approximate surface area is 166 Å². The molecule has 7 heteroatoms. The average molecular weight is 393 g/mol. The lowest BCUT2D eigenvalue weighted by molar-refractivity contribution is -0.137. The van der Waals surface area contributed by atoms with E-state index in [-0.39, 0.29) is 24.3 Å². The van der Waals surface area contributed by atoms with E-state index in [1.807, 2.05) is 35.2 Å². The van der Waals surface area contributed by atoms with Crippen molar-refractivity contribution >= 4 is 39.1 Å². The number of rotatable bonds is 3. The molecule has 0 aliphatic carbocycles. The fourth-order valence-electron chi connectivity index (χ4n) is 3.86. The molecule has 0 spiro atoms. The molecule has 0 saturated carbocycles. The Morgan fingerprint density at radius 1 is 1.21 bits per heavy atom. The van der Waals surface area contributed by atoms with Gasteiger partial charge < -0.3 is 15.0 Å². The Morgan fingerprint density at radius 3 is 2.93 bits per heavy atom. The number of likely N-dealkylation sites (tertiary alicyclic amines) is 1. The zero-order valence-corrected chi connectivity index (χ0v) is 15.9. The number of fused-ring (bicyclic) bond motifs is 2. The van der Waals surface area contributed by atoms with Crippen LogP contribution in [0, 0.1) is 0 Å². The van der Waals surface area contributed by atoms with Crippen LogP contribution in [0.5, 0.6) is 5.75 Å². The molecule has 2 aliphatic rings. The molecule has 1 saturated heterocycles. The first-order valence-corrected chi connectivity index (χ1v) is 10.2. The maximum atomic E-state index is 13.0. The molecule has 2 amide bonds. The number of anilines is 1. The van der Waals surface area contributed by atoms with Crippen LogP contribution in [0.25, 0.3) is 10.2 Å². The van der Waals surface area contributed by atoms with Crippen LogP contribution >= 0.6 is 11.3 Å². The largest absolute Gasteiger partial charge is 0.478 e. The van der Waals surface area contributed by atoms with Crippen molar-refractivity contribution in [2.45, 2.75) is 31.4 Å². The molecule has 0 radical (unpaired) electrons. The van der Waals surface area contributed by atoms with Crippen LogP contribution in [0.15, 0.2) is 48.5 Å². The molecule has 3 aromatic rings. The van der Waals surface area contributed by atoms with Crippen LogP contribution in [0.1, 0.15) is 30.3 Å². The van der Waals surface area contributed by atoms with E-state index in [9.17, 15) is 9.59 Å². The highest BCUT2D eigenvalue weighted by molar-refractivity contribution is 7.18. The van der Waals surface area contributed by atoms with Gasteiger partial charge in [0.2, 0.25) is 5.91 Å². The van der Waals surface area contributed by atoms with Gasteiger partial charge in [-0.3, -0.25) is 9.59 Å². The van der Waals surface area contributed by atoms with E-state index in [1.54, 1.807) is 23.5 Å². The first-order chi connectivity index (χ1) is 13.7. The van der Waals surface area contributed by atoms with Gasteiger partial charge in [0.25, 0.3) is 5.91 Å². The van der Waals surface area contributed by atoms with Crippen LogP contribution in [0.3, 0.4) is 0 Å². The summed E-state index contributed by atoms with van der Waals surface area (Å²) in [4.78, 5) is 32.0. The summed E-state index contributed by atoms with van der Waals surface area (Å²) in [6, 6.07) is 15.3. The summed E-state index contributed by atoms with van der Waals surface area (Å²) >= 11 is 1.64. The smallest absolute Gasteiger partial charge is 0.266 e. The lowest BCUT2D eigenvalue weighted by Crippen LogP contribution is -2.42. The number of amides is 2. The second-order valence-electron chi connectivity index (χ2n) is 7.06. The van der Waals surface area contributed by atoms with Crippen LogP contribution in [-0.2, 0) is 9.59 Å². The molecular weight excluding hydrogens is 374 g/mol. The summed E-state index contributed by atoms with van der Waals surface area (Å²) in [5.41, 5.74) is 1.61. The predicted octanol–water partition coefficient (Wildman–Crippen LogP) is 3.75. The van der Waals surface area contributed by atoms with Crippen LogP contribution in [0.2, 0.25) is 0 Å². The summed E-state index contributed by atoms with van der Waals surface area (Å²) in [7, 11) is 0. The van der Waals surface area contributed by atoms with Crippen LogP contribution in [-0.4, -0.2) is 34.3 Å². The molecule has 6 nitrogen and oxygen atoms in total. The number of nitrogens with one attached hydrogen (secondary N) is 1. The maximum absolute atomic E-state index is 13.0. The van der Waals surface area contributed by atoms with Crippen molar-refractivity contribution < 1.29 is 14.3 Å². The third-order valence-electron chi connectivity index (χ3n) is 5.24. The molecule has 3 heterocycles. The monoisotopic (exact) mass is 393 g/mol. The second kappa shape index (κ2) is 6.91. The summed E-state index contributed by atoms with van der Waals surface area (Å²) in [5, 5.41) is 3.79. The highest BCUT2D eigenvalue weighted by atomic mass is 32.1. The number of hydrogen-bond donors (Lipinski definition) is 1. The van der Waals surface area contributed by atoms with Gasteiger partial charge in [-0.2, -0.15) is 0 Å². The van der Waals surface area contributed by atoms with Crippen molar-refractivity contribution in [1.29, 1.82) is 0 Å². The van der Waals surface area contributed by atoms with Gasteiger partial charge in [-0.1, -0.05) is 24.3 Å². The van der Waals surface area contributed by atoms with Crippen LogP contribution in [0.4, 0.5) is 5.69 Å². The molecule has 142 valence electrons. The highest BCUT2D eigenvalue weighted by Crippen LogP contribution is 2.37. The first-order valence-electron chi connectivity index (χ1n) is 9.40. The number of para-hydroxylation sites is 3. The summed E-state index contributed by atoms with van der Waals surface area (Å²) < 4.78 is 6.92. The van der Waals surface area contributed by atoms with Crippen molar-refractivity contribution in [3.63, 3.8) is 0 Å². The Balaban J connectivity index is 1.34. The van der Waals surface area contributed by atoms with Crippen LogP contribution < -0.4 is 10.1 Å². The zero-order chi connectivity index (χ0) is 19.1. The van der Waals surface area contributed by atoms with Crippen molar-refractivity contribution in [2.75, 3.05) is 11.9 Å². The number of carbonyl (C=O) groups excluding carboxylic acids is 2. The Bertz CT molecular complexity index is 1030. The number of nitrogens with zero attached hydrogens (tertiary/aromatic N) is 2. The summed E-state index contributed by atoms with van der Waals surface area (Å²) in [5.74, 6) is 0.258. The van der Waals surface area contributed by atoms with Crippen molar-refractivity contribution in [1.82, 2.24) is 9.88 Å². The zero-order valence-electron chi connectivity index (χ0n) is 15.1. The summed E-state index contributed by atoms with van der Waals surface area (Å²) in [6.07, 6.45) is 1.06. The third-order valence-corrected chi connectivity index (χ3v) is 6.37. The van der Waals surface area contributed by atoms with E-state index in [2.05, 4.69) is 11.4 Å². The van der Waals surface area contributed by atoms with Gasteiger partial charge in [0.15, 0.2) is 6.10 Å². The summed E-state index contributed by atoms with van der Waals surface area (Å²) in [6.45, 7) is 0.685. The number of ether oxygens (including phenoxy) is 1. The lowest BCUT2D eigenvalue weighted by atomic mass is 10.1. The Hall–Kier alpha value is -2.93. The fourth-order valence-corrected chi connectivity index (χ4v) is 4.97. The minimum Gasteiger partial charge on any atom is -0.478 e. The molecule has 0 unspecified atom stereocenters. The standard InChI is InChI=1S/C21H19N3O3S/c25-19(12-17-20(26)22-13-6-1-3-9-16(13)27-17)24-11-5-8-15(24)21-23-14-7-2-4-10-18(14)28-21/h1-4,6-7,9-10,15,17H,5,8,11-12H2,(H,22,26)/t15-,17-/m0/s1. The molecule has 2 aliphatic heterocycles. The average Bonchev–Trinajstić information content (AvgIpc) is 3.35. The Morgan fingerprint density at radius 2 is 2.04 bits per heavy atom. The molecule has 0 bridgehead atoms. The van der Waals surface area contributed by atoms with Gasteiger partial charge in [-0.15, -0.1) is 11.3 Å². The van der Waals surface area contributed by atoms with Gasteiger partial charge in [-0.05, 0) is 37.1 Å². The maximum Gasteiger partial charge on any atom is 0.266 e. The van der Waals surface area contributed by atoms with E-state index < -0.39 is 6.10 Å². The number of thiazole rings is 1. The number of carbonyl (C=O) groups is 2. The number of benzene rings is 2. The quantitative estimate of drug-likeness (QED) is 0.736. The molecule has 1 aromatic heterocycles. The molecular formula is C21H19N3O3S. The van der Waals surface area contributed by atoms with E-state index in [4.69, 9.17) is 9.72 Å². The van der Waals surface area contributed by atoms with E-state index >= 15 is 0 Å². The molecule has 2 aromatic carbocycles. The van der Waals surface area contributed by atoms with Gasteiger partial charge in [-0.25, -0.2) is 4.98 Å². The molecule has 5 rings (SSSR count). The minimum atomic E-state index is -0.806. The first kappa shape index (κ1) is 17.2. The van der Waals surface area contributed by atoms with Crippen molar-refractivity contribution in [3.8, 4) is 5.75 Å². The normalized spacial score (nSPS) is 21.3. The van der Waals surface area contributed by atoms with E-state index in [0.717, 1.165) is 28.1 Å². The fraction of sp³-hybridized carbons (Fsp3) is 0.286. The van der Waals surface area contributed by atoms with Gasteiger partial charge in [0, 0.05) is 6.54 Å². The Kier molecular flexibility index (Phi) is 4.24. The highest BCUT2D eigenvalue weighted by Gasteiger charge is 2.36. The van der Waals surface area contributed by atoms with Gasteiger partial charge >= 0.3 is 0 Å². The van der Waals surface area contributed by atoms with E-state index in [1.165, 1.54) is 0 Å². The molecule has 1 fully saturated rings. The minimum absolute atomic E-state index is 0.0242. The van der Waals surface area contributed by atoms with Gasteiger partial charge in [0.05, 0.1) is 28.4 Å². The number of hydrogen-bond acceptors (Lipinski definition) is 5. The molecule has 28 heavy (non-hydrogen) atoms. The lowest BCUT2D eigenvalue weighted by Gasteiger charge is -2.28. The van der Waals surface area contributed by atoms with Crippen molar-refractivity contribution in [3.05, 3.63) is 53.5 Å². The third kappa shape index (κ3) is 3.01. The molecule has 2 atom stereocenters. The van der Waals surface area contributed by atoms with Gasteiger partial charge in [0.1, 0.15) is 10.8 Å². The second-order valence-corrected chi connectivity index (χ2v) is 8.12. The van der Waals surface area contributed by atoms with Crippen molar-refractivity contribution in [2.24, 2.45) is 0 Å². The SMILES string of the molecule is O=C1Nc2ccccc2O[C@H]1CC(=O)N1CCC[C@H]1c1nc2ccccc2s1. The number of aromatic nitrogens is 1. The predicted molar refractivity (Wildman–Crippen MR) is 107 cm³/mol.